The topological polar surface area (TPSA) is 44.9 Å². The molecular formula is C15H14Br2N2O. The second kappa shape index (κ2) is 5.74. The van der Waals surface area contributed by atoms with Gasteiger partial charge in [-0.1, -0.05) is 15.9 Å². The number of aromatic nitrogens is 1. The molecule has 3 nitrogen and oxygen atoms in total. The van der Waals surface area contributed by atoms with Crippen molar-refractivity contribution in [2.24, 2.45) is 0 Å². The molecule has 104 valence electrons. The van der Waals surface area contributed by atoms with Crippen molar-refractivity contribution in [2.75, 3.05) is 5.32 Å². The molecule has 0 fully saturated rings. The molecule has 1 heterocycles. The van der Waals surface area contributed by atoms with Crippen molar-refractivity contribution >= 4 is 37.5 Å². The van der Waals surface area contributed by atoms with Crippen LogP contribution in [0.3, 0.4) is 0 Å². The highest BCUT2D eigenvalue weighted by Gasteiger charge is 2.21. The molecule has 0 spiro atoms. The zero-order chi connectivity index (χ0) is 14.1. The number of hydrogen-bond acceptors (Lipinski definition) is 2. The van der Waals surface area contributed by atoms with Gasteiger partial charge in [-0.25, -0.2) is 0 Å². The largest absolute Gasteiger partial charge is 0.377 e. The summed E-state index contributed by atoms with van der Waals surface area (Å²) in [6, 6.07) is 9.89. The minimum atomic E-state index is -0.0192. The van der Waals surface area contributed by atoms with Crippen molar-refractivity contribution in [3.63, 3.8) is 0 Å². The van der Waals surface area contributed by atoms with Crippen LogP contribution >= 0.6 is 31.9 Å². The van der Waals surface area contributed by atoms with E-state index in [1.807, 2.05) is 24.3 Å². The van der Waals surface area contributed by atoms with Gasteiger partial charge in [0.1, 0.15) is 0 Å². The van der Waals surface area contributed by atoms with Gasteiger partial charge < -0.3 is 10.3 Å². The number of aryl methyl sites for hydroxylation is 1. The molecular weight excluding hydrogens is 384 g/mol. The fourth-order valence-electron chi connectivity index (χ4n) is 2.64. The van der Waals surface area contributed by atoms with E-state index >= 15 is 0 Å². The Hall–Kier alpha value is -1.07. The highest BCUT2D eigenvalue weighted by atomic mass is 79.9. The van der Waals surface area contributed by atoms with E-state index in [1.165, 1.54) is 5.56 Å². The third-order valence-electron chi connectivity index (χ3n) is 3.59. The van der Waals surface area contributed by atoms with Gasteiger partial charge in [0, 0.05) is 26.4 Å². The highest BCUT2D eigenvalue weighted by Crippen LogP contribution is 2.34. The summed E-state index contributed by atoms with van der Waals surface area (Å²) in [6.45, 7) is 0. The van der Waals surface area contributed by atoms with E-state index in [0.717, 1.165) is 39.6 Å². The first-order valence-corrected chi connectivity index (χ1v) is 8.16. The first kappa shape index (κ1) is 13.9. The van der Waals surface area contributed by atoms with Crippen LogP contribution in [0, 0.1) is 0 Å². The minimum Gasteiger partial charge on any atom is -0.377 e. The van der Waals surface area contributed by atoms with Gasteiger partial charge in [-0.2, -0.15) is 0 Å². The molecule has 0 saturated heterocycles. The smallest absolute Gasteiger partial charge is 0.248 e. The summed E-state index contributed by atoms with van der Waals surface area (Å²) in [4.78, 5) is 14.4. The zero-order valence-electron chi connectivity index (χ0n) is 10.7. The molecule has 0 aliphatic heterocycles. The Morgan fingerprint density at radius 1 is 1.20 bits per heavy atom. The van der Waals surface area contributed by atoms with Crippen LogP contribution in [0.2, 0.25) is 0 Å². The van der Waals surface area contributed by atoms with Crippen molar-refractivity contribution in [1.82, 2.24) is 4.98 Å². The quantitative estimate of drug-likeness (QED) is 0.789. The summed E-state index contributed by atoms with van der Waals surface area (Å²) < 4.78 is 2.08. The average molecular weight is 398 g/mol. The summed E-state index contributed by atoms with van der Waals surface area (Å²) in [7, 11) is 0. The Morgan fingerprint density at radius 2 is 2.05 bits per heavy atom. The van der Waals surface area contributed by atoms with Crippen LogP contribution in [-0.4, -0.2) is 4.98 Å². The predicted octanol–water partition coefficient (Wildman–Crippen LogP) is 4.39. The SMILES string of the molecule is O=c1ccc2c([nH]1)CCCC2Nc1ccc(Br)cc1Br. The van der Waals surface area contributed by atoms with Gasteiger partial charge in [0.05, 0.1) is 6.04 Å². The maximum atomic E-state index is 11.4. The van der Waals surface area contributed by atoms with Gasteiger partial charge in [-0.3, -0.25) is 4.79 Å². The summed E-state index contributed by atoms with van der Waals surface area (Å²) >= 11 is 7.03. The van der Waals surface area contributed by atoms with E-state index in [0.29, 0.717) is 0 Å². The predicted molar refractivity (Wildman–Crippen MR) is 88.2 cm³/mol. The summed E-state index contributed by atoms with van der Waals surface area (Å²) in [5.41, 5.74) is 3.31. The Bertz CT molecular complexity index is 697. The molecule has 1 aliphatic carbocycles. The van der Waals surface area contributed by atoms with Crippen LogP contribution in [0.4, 0.5) is 5.69 Å². The van der Waals surface area contributed by atoms with Gasteiger partial charge in [-0.05, 0) is 65.0 Å². The van der Waals surface area contributed by atoms with Crippen molar-refractivity contribution in [3.8, 4) is 0 Å². The van der Waals surface area contributed by atoms with Crippen LogP contribution in [0.15, 0.2) is 44.1 Å². The lowest BCUT2D eigenvalue weighted by Crippen LogP contribution is -2.21. The van der Waals surface area contributed by atoms with E-state index in [4.69, 9.17) is 0 Å². The number of halogens is 2. The van der Waals surface area contributed by atoms with Gasteiger partial charge in [0.2, 0.25) is 5.56 Å². The lowest BCUT2D eigenvalue weighted by Gasteiger charge is -2.27. The molecule has 20 heavy (non-hydrogen) atoms. The summed E-state index contributed by atoms with van der Waals surface area (Å²) in [6.07, 6.45) is 3.10. The van der Waals surface area contributed by atoms with Crippen molar-refractivity contribution < 1.29 is 0 Å². The van der Waals surface area contributed by atoms with E-state index < -0.39 is 0 Å². The van der Waals surface area contributed by atoms with Gasteiger partial charge in [-0.15, -0.1) is 0 Å². The molecule has 0 radical (unpaired) electrons. The van der Waals surface area contributed by atoms with Crippen LogP contribution in [0.25, 0.3) is 0 Å². The molecule has 0 amide bonds. The van der Waals surface area contributed by atoms with E-state index in [-0.39, 0.29) is 11.6 Å². The first-order chi connectivity index (χ1) is 9.63. The van der Waals surface area contributed by atoms with Gasteiger partial charge in [0.25, 0.3) is 0 Å². The lowest BCUT2D eigenvalue weighted by molar-refractivity contribution is 0.586. The molecule has 1 aromatic heterocycles. The summed E-state index contributed by atoms with van der Waals surface area (Å²) in [5, 5.41) is 3.56. The second-order valence-corrected chi connectivity index (χ2v) is 6.74. The molecule has 1 aromatic carbocycles. The number of aromatic amines is 1. The number of pyridine rings is 1. The lowest BCUT2D eigenvalue weighted by atomic mass is 9.91. The number of rotatable bonds is 2. The van der Waals surface area contributed by atoms with Crippen molar-refractivity contribution in [2.45, 2.75) is 25.3 Å². The van der Waals surface area contributed by atoms with Gasteiger partial charge in [0.15, 0.2) is 0 Å². The Morgan fingerprint density at radius 3 is 2.85 bits per heavy atom. The number of benzene rings is 1. The minimum absolute atomic E-state index is 0.0192. The van der Waals surface area contributed by atoms with Gasteiger partial charge >= 0.3 is 0 Å². The molecule has 3 rings (SSSR count). The van der Waals surface area contributed by atoms with E-state index in [1.54, 1.807) is 6.07 Å². The fraction of sp³-hybridized carbons (Fsp3) is 0.267. The van der Waals surface area contributed by atoms with Crippen LogP contribution in [0.1, 0.15) is 30.1 Å². The van der Waals surface area contributed by atoms with E-state index in [2.05, 4.69) is 42.2 Å². The molecule has 1 unspecified atom stereocenters. The number of anilines is 1. The highest BCUT2D eigenvalue weighted by molar-refractivity contribution is 9.11. The fourth-order valence-corrected chi connectivity index (χ4v) is 3.81. The Balaban J connectivity index is 1.91. The molecule has 2 N–H and O–H groups in total. The van der Waals surface area contributed by atoms with Crippen molar-refractivity contribution in [1.29, 1.82) is 0 Å². The molecule has 1 atom stereocenters. The molecule has 0 bridgehead atoms. The molecule has 5 heteroatoms. The third-order valence-corrected chi connectivity index (χ3v) is 4.74. The van der Waals surface area contributed by atoms with Crippen LogP contribution in [-0.2, 0) is 6.42 Å². The normalized spacial score (nSPS) is 17.6. The average Bonchev–Trinajstić information content (AvgIpc) is 2.41. The third kappa shape index (κ3) is 2.83. The zero-order valence-corrected chi connectivity index (χ0v) is 13.9. The number of nitrogens with one attached hydrogen (secondary N) is 2. The van der Waals surface area contributed by atoms with Crippen LogP contribution < -0.4 is 10.9 Å². The maximum Gasteiger partial charge on any atom is 0.248 e. The Kier molecular flexibility index (Phi) is 3.98. The molecule has 2 aromatic rings. The first-order valence-electron chi connectivity index (χ1n) is 6.57. The van der Waals surface area contributed by atoms with E-state index in [9.17, 15) is 4.79 Å². The maximum absolute atomic E-state index is 11.4. The monoisotopic (exact) mass is 396 g/mol. The standard InChI is InChI=1S/C15H14Br2N2O/c16-9-4-6-14(11(17)8-9)18-12-2-1-3-13-10(12)5-7-15(20)19-13/h4-8,12,18H,1-3H2,(H,19,20). The molecule has 0 saturated carbocycles. The number of H-pyrrole nitrogens is 1. The summed E-state index contributed by atoms with van der Waals surface area (Å²) in [5.74, 6) is 0. The number of fused-ring (bicyclic) bond motifs is 1. The molecule has 1 aliphatic rings. The van der Waals surface area contributed by atoms with Crippen LogP contribution in [0.5, 0.6) is 0 Å². The number of hydrogen-bond donors (Lipinski definition) is 2. The Labute approximate surface area is 134 Å². The van der Waals surface area contributed by atoms with Crippen molar-refractivity contribution in [3.05, 3.63) is 60.9 Å². The second-order valence-electron chi connectivity index (χ2n) is 4.97.